The number of ether oxygens (including phenoxy) is 1. The van der Waals surface area contributed by atoms with Gasteiger partial charge in [0.15, 0.2) is 0 Å². The van der Waals surface area contributed by atoms with Crippen molar-refractivity contribution in [3.63, 3.8) is 0 Å². The largest absolute Gasteiger partial charge is 0.383 e. The fourth-order valence-corrected chi connectivity index (χ4v) is 3.75. The molecular formula is C19H28N4O4S. The zero-order valence-electron chi connectivity index (χ0n) is 16.7. The standard InChI is InChI=1S/C19H28N4O4S/c1-14(13-23-16(3)11-15(2)22-23)12-20-19(24)17-5-7-18(8-6-17)28(25,26)21-9-10-27-4/h5-8,11,14,21H,9-10,12-13H2,1-4H3,(H,20,24). The van der Waals surface area contributed by atoms with E-state index in [0.717, 1.165) is 11.4 Å². The second-order valence-corrected chi connectivity index (χ2v) is 8.61. The molecule has 2 rings (SSSR count). The summed E-state index contributed by atoms with van der Waals surface area (Å²) in [6.07, 6.45) is 0. The third-order valence-corrected chi connectivity index (χ3v) is 5.70. The van der Waals surface area contributed by atoms with Gasteiger partial charge in [-0.15, -0.1) is 0 Å². The third kappa shape index (κ3) is 6.15. The number of aromatic nitrogens is 2. The molecule has 0 saturated carbocycles. The van der Waals surface area contributed by atoms with Gasteiger partial charge in [0.1, 0.15) is 0 Å². The molecule has 1 unspecified atom stereocenters. The van der Waals surface area contributed by atoms with E-state index >= 15 is 0 Å². The Morgan fingerprint density at radius 2 is 1.93 bits per heavy atom. The van der Waals surface area contributed by atoms with E-state index in [0.29, 0.717) is 18.7 Å². The van der Waals surface area contributed by atoms with Gasteiger partial charge in [-0.05, 0) is 50.1 Å². The number of hydrogen-bond donors (Lipinski definition) is 2. The molecule has 0 fully saturated rings. The van der Waals surface area contributed by atoms with Crippen LogP contribution in [0, 0.1) is 19.8 Å². The van der Waals surface area contributed by atoms with Crippen molar-refractivity contribution in [2.45, 2.75) is 32.2 Å². The smallest absolute Gasteiger partial charge is 0.251 e. The van der Waals surface area contributed by atoms with Crippen LogP contribution in [-0.2, 0) is 21.3 Å². The molecule has 1 aromatic heterocycles. The number of amides is 1. The minimum absolute atomic E-state index is 0.109. The van der Waals surface area contributed by atoms with E-state index in [4.69, 9.17) is 4.74 Å². The van der Waals surface area contributed by atoms with Crippen LogP contribution in [0.15, 0.2) is 35.2 Å². The third-order valence-electron chi connectivity index (χ3n) is 4.22. The molecule has 1 amide bonds. The number of aryl methyl sites for hydroxylation is 2. The number of rotatable bonds is 10. The van der Waals surface area contributed by atoms with Gasteiger partial charge in [-0.1, -0.05) is 6.92 Å². The summed E-state index contributed by atoms with van der Waals surface area (Å²) in [5.74, 6) is -0.0388. The van der Waals surface area contributed by atoms with Gasteiger partial charge in [0.05, 0.1) is 17.2 Å². The Morgan fingerprint density at radius 1 is 1.25 bits per heavy atom. The van der Waals surface area contributed by atoms with Gasteiger partial charge in [0, 0.05) is 38.0 Å². The molecule has 28 heavy (non-hydrogen) atoms. The highest BCUT2D eigenvalue weighted by atomic mass is 32.2. The molecule has 8 nitrogen and oxygen atoms in total. The van der Waals surface area contributed by atoms with Crippen molar-refractivity contribution in [3.05, 3.63) is 47.3 Å². The molecule has 0 saturated heterocycles. The second kappa shape index (κ2) is 9.81. The topological polar surface area (TPSA) is 102 Å². The minimum atomic E-state index is -3.61. The molecule has 2 N–H and O–H groups in total. The predicted octanol–water partition coefficient (Wildman–Crippen LogP) is 1.49. The Labute approximate surface area is 166 Å². The lowest BCUT2D eigenvalue weighted by Gasteiger charge is -2.14. The van der Waals surface area contributed by atoms with Crippen LogP contribution in [-0.4, -0.2) is 50.9 Å². The summed E-state index contributed by atoms with van der Waals surface area (Å²) in [5, 5.41) is 7.31. The fourth-order valence-electron chi connectivity index (χ4n) is 2.74. The first-order valence-electron chi connectivity index (χ1n) is 9.11. The summed E-state index contributed by atoms with van der Waals surface area (Å²) in [5.41, 5.74) is 2.47. The van der Waals surface area contributed by atoms with Crippen LogP contribution in [0.3, 0.4) is 0 Å². The van der Waals surface area contributed by atoms with Gasteiger partial charge >= 0.3 is 0 Å². The summed E-state index contributed by atoms with van der Waals surface area (Å²) < 4.78 is 33.5. The number of methoxy groups -OCH3 is 1. The highest BCUT2D eigenvalue weighted by Gasteiger charge is 2.15. The molecule has 1 heterocycles. The average Bonchev–Trinajstić information content (AvgIpc) is 2.97. The zero-order chi connectivity index (χ0) is 20.7. The normalized spacial score (nSPS) is 12.7. The van der Waals surface area contributed by atoms with Crippen LogP contribution in [0.2, 0.25) is 0 Å². The quantitative estimate of drug-likeness (QED) is 0.580. The zero-order valence-corrected chi connectivity index (χ0v) is 17.5. The van der Waals surface area contributed by atoms with E-state index in [1.165, 1.54) is 31.4 Å². The first-order valence-corrected chi connectivity index (χ1v) is 10.6. The van der Waals surface area contributed by atoms with Crippen molar-refractivity contribution >= 4 is 15.9 Å². The minimum Gasteiger partial charge on any atom is -0.383 e. The van der Waals surface area contributed by atoms with Crippen LogP contribution < -0.4 is 10.0 Å². The van der Waals surface area contributed by atoms with Crippen molar-refractivity contribution in [1.29, 1.82) is 0 Å². The molecule has 1 atom stereocenters. The number of carbonyl (C=O) groups excluding carboxylic acids is 1. The number of sulfonamides is 1. The van der Waals surface area contributed by atoms with Crippen molar-refractivity contribution in [1.82, 2.24) is 19.8 Å². The van der Waals surface area contributed by atoms with Gasteiger partial charge in [-0.3, -0.25) is 9.48 Å². The summed E-state index contributed by atoms with van der Waals surface area (Å²) in [7, 11) is -2.11. The molecule has 0 aliphatic rings. The van der Waals surface area contributed by atoms with Crippen LogP contribution in [0.5, 0.6) is 0 Å². The van der Waals surface area contributed by atoms with Crippen molar-refractivity contribution in [3.8, 4) is 0 Å². The van der Waals surface area contributed by atoms with E-state index in [2.05, 4.69) is 15.1 Å². The lowest BCUT2D eigenvalue weighted by atomic mass is 10.1. The first-order chi connectivity index (χ1) is 13.2. The van der Waals surface area contributed by atoms with Crippen molar-refractivity contribution < 1.29 is 17.9 Å². The van der Waals surface area contributed by atoms with Gasteiger partial charge in [0.25, 0.3) is 5.91 Å². The predicted molar refractivity (Wildman–Crippen MR) is 107 cm³/mol. The first kappa shape index (κ1) is 22.1. The molecule has 1 aromatic carbocycles. The van der Waals surface area contributed by atoms with E-state index in [9.17, 15) is 13.2 Å². The maximum Gasteiger partial charge on any atom is 0.251 e. The van der Waals surface area contributed by atoms with Crippen LogP contribution >= 0.6 is 0 Å². The highest BCUT2D eigenvalue weighted by molar-refractivity contribution is 7.89. The maximum absolute atomic E-state index is 12.3. The van der Waals surface area contributed by atoms with Crippen molar-refractivity contribution in [2.24, 2.45) is 5.92 Å². The SMILES string of the molecule is COCCNS(=O)(=O)c1ccc(C(=O)NCC(C)Cn2nc(C)cc2C)cc1. The maximum atomic E-state index is 12.3. The number of hydrogen-bond acceptors (Lipinski definition) is 5. The lowest BCUT2D eigenvalue weighted by molar-refractivity contribution is 0.0946. The number of benzene rings is 1. The average molecular weight is 409 g/mol. The van der Waals surface area contributed by atoms with Gasteiger partial charge in [-0.25, -0.2) is 13.1 Å². The van der Waals surface area contributed by atoms with Crippen LogP contribution in [0.4, 0.5) is 0 Å². The molecule has 0 spiro atoms. The summed E-state index contributed by atoms with van der Waals surface area (Å²) in [6.45, 7) is 7.68. The Hall–Kier alpha value is -2.23. The monoisotopic (exact) mass is 408 g/mol. The van der Waals surface area contributed by atoms with Gasteiger partial charge in [-0.2, -0.15) is 5.10 Å². The molecular weight excluding hydrogens is 380 g/mol. The van der Waals surface area contributed by atoms with E-state index in [-0.39, 0.29) is 29.9 Å². The molecule has 0 bridgehead atoms. The van der Waals surface area contributed by atoms with E-state index < -0.39 is 10.0 Å². The summed E-state index contributed by atoms with van der Waals surface area (Å²) in [4.78, 5) is 12.4. The number of carbonyl (C=O) groups is 1. The molecule has 0 radical (unpaired) electrons. The van der Waals surface area contributed by atoms with Crippen molar-refractivity contribution in [2.75, 3.05) is 26.8 Å². The summed E-state index contributed by atoms with van der Waals surface area (Å²) >= 11 is 0. The van der Waals surface area contributed by atoms with E-state index in [1.807, 2.05) is 31.5 Å². The number of nitrogens with one attached hydrogen (secondary N) is 2. The van der Waals surface area contributed by atoms with Crippen LogP contribution in [0.25, 0.3) is 0 Å². The van der Waals surface area contributed by atoms with Gasteiger partial charge in [0.2, 0.25) is 10.0 Å². The highest BCUT2D eigenvalue weighted by Crippen LogP contribution is 2.11. The molecule has 0 aliphatic carbocycles. The Morgan fingerprint density at radius 3 is 2.50 bits per heavy atom. The fraction of sp³-hybridized carbons (Fsp3) is 0.474. The Bertz CT molecular complexity index is 891. The molecule has 0 aliphatic heterocycles. The number of nitrogens with zero attached hydrogens (tertiary/aromatic N) is 2. The van der Waals surface area contributed by atoms with E-state index in [1.54, 1.807) is 0 Å². The van der Waals surface area contributed by atoms with Gasteiger partial charge < -0.3 is 10.1 Å². The second-order valence-electron chi connectivity index (χ2n) is 6.84. The summed E-state index contributed by atoms with van der Waals surface area (Å²) in [6, 6.07) is 7.87. The molecule has 154 valence electrons. The van der Waals surface area contributed by atoms with Crippen LogP contribution in [0.1, 0.15) is 28.7 Å². The Balaban J connectivity index is 1.89. The molecule has 2 aromatic rings. The molecule has 9 heteroatoms. The lowest BCUT2D eigenvalue weighted by Crippen LogP contribution is -2.30. The Kier molecular flexibility index (Phi) is 7.73.